The molecule has 3 heteroatoms. The van der Waals surface area contributed by atoms with Crippen LogP contribution in [-0.2, 0) is 6.54 Å². The Balaban J connectivity index is 2.23. The molecule has 0 aliphatic heterocycles. The highest BCUT2D eigenvalue weighted by atomic mass is 19.1. The van der Waals surface area contributed by atoms with Gasteiger partial charge < -0.3 is 10.6 Å². The van der Waals surface area contributed by atoms with Crippen LogP contribution in [0.5, 0.6) is 0 Å². The van der Waals surface area contributed by atoms with Crippen LogP contribution in [0.3, 0.4) is 0 Å². The fourth-order valence-electron chi connectivity index (χ4n) is 2.23. The molecular weight excluding hydrogens is 251 g/mol. The fraction of sp³-hybridized carbons (Fsp3) is 0.294. The molecule has 0 bridgehead atoms. The van der Waals surface area contributed by atoms with Gasteiger partial charge in [-0.25, -0.2) is 4.39 Å². The molecule has 0 radical (unpaired) electrons. The molecular formula is C17H21FN2. The molecule has 0 fully saturated rings. The summed E-state index contributed by atoms with van der Waals surface area (Å²) in [6.45, 7) is 5.34. The molecule has 0 aliphatic carbocycles. The summed E-state index contributed by atoms with van der Waals surface area (Å²) < 4.78 is 14.3. The molecule has 0 heterocycles. The Bertz CT molecular complexity index is 552. The van der Waals surface area contributed by atoms with Crippen LogP contribution in [-0.4, -0.2) is 6.54 Å². The largest absolute Gasteiger partial charge is 0.365 e. The molecule has 0 saturated heterocycles. The van der Waals surface area contributed by atoms with Crippen molar-refractivity contribution in [3.63, 3.8) is 0 Å². The van der Waals surface area contributed by atoms with Crippen LogP contribution in [0.15, 0.2) is 48.5 Å². The highest BCUT2D eigenvalue weighted by Gasteiger charge is 2.12. The molecule has 2 aromatic carbocycles. The van der Waals surface area contributed by atoms with Crippen LogP contribution in [0, 0.1) is 5.82 Å². The van der Waals surface area contributed by atoms with Gasteiger partial charge in [-0.1, -0.05) is 36.4 Å². The molecule has 0 aromatic heterocycles. The maximum atomic E-state index is 14.3. The van der Waals surface area contributed by atoms with E-state index >= 15 is 0 Å². The highest BCUT2D eigenvalue weighted by Crippen LogP contribution is 2.24. The quantitative estimate of drug-likeness (QED) is 0.895. The van der Waals surface area contributed by atoms with Crippen LogP contribution in [0.1, 0.15) is 31.0 Å². The molecule has 0 unspecified atom stereocenters. The lowest BCUT2D eigenvalue weighted by atomic mass is 10.1. The van der Waals surface area contributed by atoms with Gasteiger partial charge in [0.25, 0.3) is 0 Å². The number of rotatable bonds is 5. The second-order valence-electron chi connectivity index (χ2n) is 5.00. The van der Waals surface area contributed by atoms with Crippen molar-refractivity contribution in [2.75, 3.05) is 11.4 Å². The van der Waals surface area contributed by atoms with Gasteiger partial charge >= 0.3 is 0 Å². The average molecular weight is 272 g/mol. The van der Waals surface area contributed by atoms with Crippen LogP contribution in [0.4, 0.5) is 10.1 Å². The third-order valence-electron chi connectivity index (χ3n) is 3.44. The molecule has 0 saturated carbocycles. The summed E-state index contributed by atoms with van der Waals surface area (Å²) in [7, 11) is 0. The van der Waals surface area contributed by atoms with Gasteiger partial charge in [-0.15, -0.1) is 0 Å². The van der Waals surface area contributed by atoms with Crippen molar-refractivity contribution in [3.05, 3.63) is 65.5 Å². The number of anilines is 1. The van der Waals surface area contributed by atoms with E-state index in [0.717, 1.165) is 12.1 Å². The Hall–Kier alpha value is -1.87. The zero-order valence-electron chi connectivity index (χ0n) is 12.0. The summed E-state index contributed by atoms with van der Waals surface area (Å²) in [6, 6.07) is 15.2. The molecule has 2 aromatic rings. The monoisotopic (exact) mass is 272 g/mol. The van der Waals surface area contributed by atoms with Gasteiger partial charge in [-0.05, 0) is 37.1 Å². The van der Waals surface area contributed by atoms with Crippen molar-refractivity contribution in [1.29, 1.82) is 0 Å². The van der Waals surface area contributed by atoms with Gasteiger partial charge in [0, 0.05) is 19.1 Å². The van der Waals surface area contributed by atoms with Crippen molar-refractivity contribution in [2.45, 2.75) is 26.4 Å². The van der Waals surface area contributed by atoms with E-state index in [9.17, 15) is 4.39 Å². The van der Waals surface area contributed by atoms with Crippen molar-refractivity contribution in [3.8, 4) is 0 Å². The number of benzene rings is 2. The Labute approximate surface area is 120 Å². The third kappa shape index (κ3) is 3.36. The number of halogens is 1. The predicted octanol–water partition coefficient (Wildman–Crippen LogP) is 3.87. The normalized spacial score (nSPS) is 12.2. The van der Waals surface area contributed by atoms with Crippen LogP contribution < -0.4 is 10.6 Å². The highest BCUT2D eigenvalue weighted by molar-refractivity contribution is 5.50. The third-order valence-corrected chi connectivity index (χ3v) is 3.44. The Morgan fingerprint density at radius 3 is 2.40 bits per heavy atom. The topological polar surface area (TPSA) is 29.3 Å². The van der Waals surface area contributed by atoms with E-state index in [-0.39, 0.29) is 11.9 Å². The number of nitrogens with zero attached hydrogens (tertiary/aromatic N) is 1. The summed E-state index contributed by atoms with van der Waals surface area (Å²) in [5, 5.41) is 0. The number of nitrogens with two attached hydrogens (primary N) is 1. The Morgan fingerprint density at radius 2 is 1.85 bits per heavy atom. The predicted molar refractivity (Wildman–Crippen MR) is 82.2 cm³/mol. The standard InChI is InChI=1S/C17H21FN2/c1-3-20(12-14-7-5-4-6-8-14)17-10-9-15(13(2)19)11-16(17)18/h4-11,13H,3,12,19H2,1-2H3/t13-/m0/s1. The van der Waals surface area contributed by atoms with Crippen molar-refractivity contribution >= 4 is 5.69 Å². The lowest BCUT2D eigenvalue weighted by molar-refractivity contribution is 0.613. The number of hydrogen-bond acceptors (Lipinski definition) is 2. The van der Waals surface area contributed by atoms with E-state index in [4.69, 9.17) is 5.73 Å². The summed E-state index contributed by atoms with van der Waals surface area (Å²) in [5.74, 6) is -0.211. The zero-order chi connectivity index (χ0) is 14.5. The molecule has 2 nitrogen and oxygen atoms in total. The minimum atomic E-state index is -0.211. The maximum absolute atomic E-state index is 14.3. The van der Waals surface area contributed by atoms with E-state index in [1.807, 2.05) is 49.1 Å². The van der Waals surface area contributed by atoms with Gasteiger partial charge in [-0.3, -0.25) is 0 Å². The van der Waals surface area contributed by atoms with E-state index in [2.05, 4.69) is 12.1 Å². The molecule has 106 valence electrons. The molecule has 20 heavy (non-hydrogen) atoms. The van der Waals surface area contributed by atoms with Gasteiger partial charge in [-0.2, -0.15) is 0 Å². The minimum Gasteiger partial charge on any atom is -0.365 e. The summed E-state index contributed by atoms with van der Waals surface area (Å²) in [6.07, 6.45) is 0. The van der Waals surface area contributed by atoms with E-state index in [1.165, 1.54) is 11.6 Å². The second kappa shape index (κ2) is 6.53. The van der Waals surface area contributed by atoms with E-state index < -0.39 is 0 Å². The smallest absolute Gasteiger partial charge is 0.146 e. The fourth-order valence-corrected chi connectivity index (χ4v) is 2.23. The number of hydrogen-bond donors (Lipinski definition) is 1. The summed E-state index contributed by atoms with van der Waals surface area (Å²) in [4.78, 5) is 2.02. The van der Waals surface area contributed by atoms with Crippen molar-refractivity contribution in [2.24, 2.45) is 5.73 Å². The van der Waals surface area contributed by atoms with Gasteiger partial charge in [0.2, 0.25) is 0 Å². The summed E-state index contributed by atoms with van der Waals surface area (Å²) >= 11 is 0. The molecule has 2 rings (SSSR count). The van der Waals surface area contributed by atoms with Crippen molar-refractivity contribution in [1.82, 2.24) is 0 Å². The first-order valence-corrected chi connectivity index (χ1v) is 6.95. The van der Waals surface area contributed by atoms with Gasteiger partial charge in [0.1, 0.15) is 5.82 Å². The van der Waals surface area contributed by atoms with E-state index in [1.54, 1.807) is 0 Å². The van der Waals surface area contributed by atoms with E-state index in [0.29, 0.717) is 12.2 Å². The van der Waals surface area contributed by atoms with Gasteiger partial charge in [0.15, 0.2) is 0 Å². The minimum absolute atomic E-state index is 0.150. The SMILES string of the molecule is CCN(Cc1ccccc1)c1ccc([C@H](C)N)cc1F. The molecule has 2 N–H and O–H groups in total. The van der Waals surface area contributed by atoms with Crippen molar-refractivity contribution < 1.29 is 4.39 Å². The lowest BCUT2D eigenvalue weighted by Gasteiger charge is -2.24. The maximum Gasteiger partial charge on any atom is 0.146 e. The van der Waals surface area contributed by atoms with Crippen LogP contribution >= 0.6 is 0 Å². The molecule has 1 atom stereocenters. The van der Waals surface area contributed by atoms with Crippen LogP contribution in [0.2, 0.25) is 0 Å². The second-order valence-corrected chi connectivity index (χ2v) is 5.00. The lowest BCUT2D eigenvalue weighted by Crippen LogP contribution is -2.23. The first-order chi connectivity index (χ1) is 9.61. The first kappa shape index (κ1) is 14.5. The molecule has 0 amide bonds. The Kier molecular flexibility index (Phi) is 4.74. The molecule has 0 aliphatic rings. The zero-order valence-corrected chi connectivity index (χ0v) is 12.0. The average Bonchev–Trinajstić information content (AvgIpc) is 2.46. The summed E-state index contributed by atoms with van der Waals surface area (Å²) in [5.41, 5.74) is 8.40. The Morgan fingerprint density at radius 1 is 1.15 bits per heavy atom. The van der Waals surface area contributed by atoms with Gasteiger partial charge in [0.05, 0.1) is 5.69 Å². The van der Waals surface area contributed by atoms with Crippen LogP contribution in [0.25, 0.3) is 0 Å². The molecule has 0 spiro atoms. The first-order valence-electron chi connectivity index (χ1n) is 6.95.